The van der Waals surface area contributed by atoms with Crippen molar-refractivity contribution in [3.63, 3.8) is 0 Å². The number of piperidine rings is 1. The maximum absolute atomic E-state index is 11.8. The monoisotopic (exact) mass is 317 g/mol. The van der Waals surface area contributed by atoms with Crippen LogP contribution in [0.15, 0.2) is 12.4 Å². The molecule has 1 aromatic rings. The van der Waals surface area contributed by atoms with Gasteiger partial charge in [-0.3, -0.25) is 9.48 Å². The maximum Gasteiger partial charge on any atom is 0.135 e. The summed E-state index contributed by atoms with van der Waals surface area (Å²) < 4.78 is 2.16. The number of Topliss-reactive ketones (excluding diaryl/α,β-unsaturated/α-hetero) is 1. The second-order valence-electron chi connectivity index (χ2n) is 7.57. The van der Waals surface area contributed by atoms with Gasteiger partial charge in [0.25, 0.3) is 0 Å². The first-order valence-electron chi connectivity index (χ1n) is 9.41. The predicted molar refractivity (Wildman–Crippen MR) is 92.4 cm³/mol. The van der Waals surface area contributed by atoms with Crippen molar-refractivity contribution in [1.82, 2.24) is 14.7 Å². The number of aryl methyl sites for hydroxylation is 1. The van der Waals surface area contributed by atoms with Crippen LogP contribution in [-0.2, 0) is 4.79 Å². The van der Waals surface area contributed by atoms with Gasteiger partial charge in [0.1, 0.15) is 5.78 Å². The lowest BCUT2D eigenvalue weighted by molar-refractivity contribution is -0.123. The number of carbonyl (C=O) groups excluding carboxylic acids is 1. The van der Waals surface area contributed by atoms with Gasteiger partial charge in [0, 0.05) is 38.2 Å². The predicted octanol–water partition coefficient (Wildman–Crippen LogP) is 3.61. The lowest BCUT2D eigenvalue weighted by Crippen LogP contribution is -2.39. The van der Waals surface area contributed by atoms with E-state index in [1.54, 1.807) is 0 Å². The van der Waals surface area contributed by atoms with Gasteiger partial charge >= 0.3 is 0 Å². The summed E-state index contributed by atoms with van der Waals surface area (Å²) in [5, 5.41) is 4.48. The van der Waals surface area contributed by atoms with E-state index in [0.29, 0.717) is 17.7 Å². The summed E-state index contributed by atoms with van der Waals surface area (Å²) in [7, 11) is 0. The van der Waals surface area contributed by atoms with E-state index in [1.807, 2.05) is 13.1 Å². The SMILES string of the molecule is CCC(=O)C1CCC(CN2CCC(n3cc(C)cn3)CC2)CC1. The molecule has 2 fully saturated rings. The van der Waals surface area contributed by atoms with E-state index in [2.05, 4.69) is 27.8 Å². The molecule has 4 heteroatoms. The van der Waals surface area contributed by atoms with Crippen LogP contribution >= 0.6 is 0 Å². The molecule has 128 valence electrons. The van der Waals surface area contributed by atoms with Crippen molar-refractivity contribution in [3.05, 3.63) is 18.0 Å². The zero-order chi connectivity index (χ0) is 16.2. The van der Waals surface area contributed by atoms with Gasteiger partial charge < -0.3 is 4.90 Å². The number of hydrogen-bond acceptors (Lipinski definition) is 3. The van der Waals surface area contributed by atoms with Crippen LogP contribution in [0.25, 0.3) is 0 Å². The van der Waals surface area contributed by atoms with Crippen molar-refractivity contribution in [2.75, 3.05) is 19.6 Å². The Morgan fingerprint density at radius 1 is 1.17 bits per heavy atom. The normalized spacial score (nSPS) is 27.2. The number of hydrogen-bond donors (Lipinski definition) is 0. The fourth-order valence-electron chi connectivity index (χ4n) is 4.32. The summed E-state index contributed by atoms with van der Waals surface area (Å²) in [6.07, 6.45) is 12.0. The van der Waals surface area contributed by atoms with Crippen LogP contribution in [-0.4, -0.2) is 40.1 Å². The molecule has 0 bridgehead atoms. The van der Waals surface area contributed by atoms with Crippen LogP contribution in [0.1, 0.15) is 63.5 Å². The fourth-order valence-corrected chi connectivity index (χ4v) is 4.32. The van der Waals surface area contributed by atoms with Gasteiger partial charge in [0.15, 0.2) is 0 Å². The Balaban J connectivity index is 1.40. The molecule has 1 aliphatic heterocycles. The summed E-state index contributed by atoms with van der Waals surface area (Å²) in [6.45, 7) is 7.73. The number of likely N-dealkylation sites (tertiary alicyclic amines) is 1. The van der Waals surface area contributed by atoms with Gasteiger partial charge in [-0.15, -0.1) is 0 Å². The van der Waals surface area contributed by atoms with E-state index in [1.165, 1.54) is 50.9 Å². The molecule has 1 saturated carbocycles. The molecule has 4 nitrogen and oxygen atoms in total. The average Bonchev–Trinajstić information content (AvgIpc) is 3.02. The summed E-state index contributed by atoms with van der Waals surface area (Å²) in [4.78, 5) is 14.5. The molecular weight excluding hydrogens is 286 g/mol. The molecule has 2 heterocycles. The molecule has 0 unspecified atom stereocenters. The van der Waals surface area contributed by atoms with Crippen LogP contribution < -0.4 is 0 Å². The number of rotatable bonds is 5. The third-order valence-corrected chi connectivity index (χ3v) is 5.83. The Labute approximate surface area is 140 Å². The Hall–Kier alpha value is -1.16. The molecule has 1 aliphatic carbocycles. The lowest BCUT2D eigenvalue weighted by Gasteiger charge is -2.36. The molecule has 2 aliphatic rings. The number of aromatic nitrogens is 2. The van der Waals surface area contributed by atoms with Gasteiger partial charge in [-0.25, -0.2) is 0 Å². The number of ketones is 1. The van der Waals surface area contributed by atoms with Crippen molar-refractivity contribution in [2.24, 2.45) is 11.8 Å². The van der Waals surface area contributed by atoms with Gasteiger partial charge in [-0.05, 0) is 56.9 Å². The van der Waals surface area contributed by atoms with Gasteiger partial charge in [0.2, 0.25) is 0 Å². The Kier molecular flexibility index (Phi) is 5.52. The highest BCUT2D eigenvalue weighted by Gasteiger charge is 2.28. The molecule has 3 rings (SSSR count). The first-order valence-corrected chi connectivity index (χ1v) is 9.41. The zero-order valence-electron chi connectivity index (χ0n) is 14.7. The molecule has 1 aromatic heterocycles. The van der Waals surface area contributed by atoms with E-state index in [9.17, 15) is 4.79 Å². The first kappa shape index (κ1) is 16.7. The van der Waals surface area contributed by atoms with Crippen LogP contribution in [0.3, 0.4) is 0 Å². The highest BCUT2D eigenvalue weighted by molar-refractivity contribution is 5.80. The smallest absolute Gasteiger partial charge is 0.135 e. The highest BCUT2D eigenvalue weighted by Crippen LogP contribution is 2.31. The molecule has 0 N–H and O–H groups in total. The molecule has 1 saturated heterocycles. The summed E-state index contributed by atoms with van der Waals surface area (Å²) in [6, 6.07) is 0.581. The molecule has 0 radical (unpaired) electrons. The van der Waals surface area contributed by atoms with E-state index < -0.39 is 0 Å². The van der Waals surface area contributed by atoms with Crippen molar-refractivity contribution in [2.45, 2.75) is 64.8 Å². The second-order valence-corrected chi connectivity index (χ2v) is 7.57. The average molecular weight is 317 g/mol. The molecule has 0 amide bonds. The van der Waals surface area contributed by atoms with Crippen LogP contribution in [0.5, 0.6) is 0 Å². The van der Waals surface area contributed by atoms with E-state index in [-0.39, 0.29) is 0 Å². The maximum atomic E-state index is 11.8. The quantitative estimate of drug-likeness (QED) is 0.832. The topological polar surface area (TPSA) is 38.1 Å². The minimum atomic E-state index is 0.366. The largest absolute Gasteiger partial charge is 0.303 e. The standard InChI is InChI=1S/C19H31N3O/c1-3-19(23)17-6-4-16(5-7-17)14-21-10-8-18(9-11-21)22-13-15(2)12-20-22/h12-13,16-18H,3-11,14H2,1-2H3. The van der Waals surface area contributed by atoms with Crippen molar-refractivity contribution in [3.8, 4) is 0 Å². The zero-order valence-corrected chi connectivity index (χ0v) is 14.7. The minimum Gasteiger partial charge on any atom is -0.303 e. The van der Waals surface area contributed by atoms with Gasteiger partial charge in [-0.2, -0.15) is 5.10 Å². The Morgan fingerprint density at radius 2 is 1.87 bits per heavy atom. The van der Waals surface area contributed by atoms with Crippen LogP contribution in [0, 0.1) is 18.8 Å². The number of nitrogens with zero attached hydrogens (tertiary/aromatic N) is 3. The Bertz CT molecular complexity index is 508. The third kappa shape index (κ3) is 4.23. The fraction of sp³-hybridized carbons (Fsp3) is 0.789. The highest BCUT2D eigenvalue weighted by atomic mass is 16.1. The lowest BCUT2D eigenvalue weighted by atomic mass is 9.79. The van der Waals surface area contributed by atoms with Crippen LogP contribution in [0.4, 0.5) is 0 Å². The molecule has 0 atom stereocenters. The van der Waals surface area contributed by atoms with E-state index in [0.717, 1.165) is 25.2 Å². The minimum absolute atomic E-state index is 0.366. The van der Waals surface area contributed by atoms with Crippen LogP contribution in [0.2, 0.25) is 0 Å². The summed E-state index contributed by atoms with van der Waals surface area (Å²) >= 11 is 0. The van der Waals surface area contributed by atoms with E-state index >= 15 is 0 Å². The Morgan fingerprint density at radius 3 is 2.43 bits per heavy atom. The summed E-state index contributed by atoms with van der Waals surface area (Å²) in [5.41, 5.74) is 1.26. The van der Waals surface area contributed by atoms with Crippen molar-refractivity contribution >= 4 is 5.78 Å². The molecule has 23 heavy (non-hydrogen) atoms. The van der Waals surface area contributed by atoms with Crippen molar-refractivity contribution in [1.29, 1.82) is 0 Å². The summed E-state index contributed by atoms with van der Waals surface area (Å²) in [5.74, 6) is 1.66. The molecular formula is C19H31N3O. The third-order valence-electron chi connectivity index (χ3n) is 5.83. The first-order chi connectivity index (χ1) is 11.2. The van der Waals surface area contributed by atoms with Gasteiger partial charge in [-0.1, -0.05) is 6.92 Å². The molecule has 0 spiro atoms. The van der Waals surface area contributed by atoms with Gasteiger partial charge in [0.05, 0.1) is 12.2 Å². The molecule has 0 aromatic carbocycles. The van der Waals surface area contributed by atoms with E-state index in [4.69, 9.17) is 0 Å². The number of carbonyl (C=O) groups is 1. The van der Waals surface area contributed by atoms with Crippen molar-refractivity contribution < 1.29 is 4.79 Å². The second kappa shape index (κ2) is 7.61.